The summed E-state index contributed by atoms with van der Waals surface area (Å²) >= 11 is 2.20. The maximum Gasteiger partial charge on any atom is 0.262 e. The first-order valence-electron chi connectivity index (χ1n) is 10.5. The van der Waals surface area contributed by atoms with Gasteiger partial charge in [0.05, 0.1) is 16.9 Å². The minimum atomic E-state index is -0.639. The third kappa shape index (κ3) is 3.54. The van der Waals surface area contributed by atoms with Gasteiger partial charge in [-0.25, -0.2) is 4.98 Å². The van der Waals surface area contributed by atoms with Crippen molar-refractivity contribution in [2.45, 2.75) is 38.8 Å². The zero-order valence-electron chi connectivity index (χ0n) is 17.4. The molecule has 0 radical (unpaired) electrons. The summed E-state index contributed by atoms with van der Waals surface area (Å²) in [7, 11) is 0. The smallest absolute Gasteiger partial charge is 0.262 e. The Balaban J connectivity index is 1.69. The summed E-state index contributed by atoms with van der Waals surface area (Å²) in [6.07, 6.45) is 3.09. The number of H-pyrrole nitrogens is 1. The minimum Gasteiger partial charge on any atom is -0.361 e. The van der Waals surface area contributed by atoms with Crippen LogP contribution in [0.1, 0.15) is 43.7 Å². The molecule has 3 heterocycles. The molecule has 0 saturated carbocycles. The number of benzene rings is 2. The summed E-state index contributed by atoms with van der Waals surface area (Å²) in [6.45, 7) is 4.21. The van der Waals surface area contributed by atoms with Gasteiger partial charge in [0, 0.05) is 27.1 Å². The summed E-state index contributed by atoms with van der Waals surface area (Å²) in [5.41, 5.74) is 2.56. The van der Waals surface area contributed by atoms with E-state index in [2.05, 4.69) is 46.7 Å². The molecule has 1 aliphatic heterocycles. The van der Waals surface area contributed by atoms with Gasteiger partial charge in [-0.3, -0.25) is 14.2 Å². The maximum absolute atomic E-state index is 13.6. The molecule has 2 N–H and O–H groups in total. The first-order chi connectivity index (χ1) is 14.9. The largest absolute Gasteiger partial charge is 0.361 e. The van der Waals surface area contributed by atoms with Crippen molar-refractivity contribution in [1.29, 1.82) is 0 Å². The summed E-state index contributed by atoms with van der Waals surface area (Å²) in [4.78, 5) is 35.0. The van der Waals surface area contributed by atoms with Crippen LogP contribution in [0.5, 0.6) is 0 Å². The van der Waals surface area contributed by atoms with Gasteiger partial charge < -0.3 is 10.3 Å². The average molecular weight is 526 g/mol. The molecule has 4 aromatic rings. The molecule has 1 amide bonds. The predicted octanol–water partition coefficient (Wildman–Crippen LogP) is 4.48. The molecule has 0 unspecified atom stereocenters. The number of amides is 1. The van der Waals surface area contributed by atoms with Crippen LogP contribution in [0.3, 0.4) is 0 Å². The van der Waals surface area contributed by atoms with E-state index < -0.39 is 6.04 Å². The highest BCUT2D eigenvalue weighted by Crippen LogP contribution is 2.31. The van der Waals surface area contributed by atoms with Crippen molar-refractivity contribution in [3.8, 4) is 0 Å². The number of carbonyl (C=O) groups excluding carboxylic acids is 1. The number of carbonyl (C=O) groups is 1. The van der Waals surface area contributed by atoms with Crippen molar-refractivity contribution >= 4 is 50.3 Å². The Morgan fingerprint density at radius 3 is 2.74 bits per heavy atom. The molecule has 0 aliphatic carbocycles. The number of halogens is 1. The molecule has 0 saturated heterocycles. The lowest BCUT2D eigenvalue weighted by atomic mass is 9.96. The van der Waals surface area contributed by atoms with E-state index in [0.717, 1.165) is 26.5 Å². The van der Waals surface area contributed by atoms with Crippen molar-refractivity contribution in [2.24, 2.45) is 5.92 Å². The van der Waals surface area contributed by atoms with Gasteiger partial charge in [0.15, 0.2) is 0 Å². The van der Waals surface area contributed by atoms with Gasteiger partial charge in [-0.2, -0.15) is 0 Å². The topological polar surface area (TPSA) is 79.8 Å². The number of hydrogen-bond donors (Lipinski definition) is 2. The molecule has 5 rings (SSSR count). The molecule has 0 bridgehead atoms. The molecule has 2 aromatic carbocycles. The second-order valence-corrected chi connectivity index (χ2v) is 9.82. The van der Waals surface area contributed by atoms with E-state index in [4.69, 9.17) is 4.98 Å². The summed E-state index contributed by atoms with van der Waals surface area (Å²) in [5.74, 6) is 0.877. The first kappa shape index (κ1) is 20.2. The normalized spacial score (nSPS) is 18.5. The molecule has 1 aliphatic rings. The number of nitrogens with zero attached hydrogens (tertiary/aromatic N) is 2. The van der Waals surface area contributed by atoms with Crippen molar-refractivity contribution in [3.63, 3.8) is 0 Å². The minimum absolute atomic E-state index is 0.127. The van der Waals surface area contributed by atoms with Gasteiger partial charge in [0.25, 0.3) is 5.56 Å². The SMILES string of the molecule is CC(C)C[C@@H]1NC(=O)[C@@H](Cc2c[nH]c3ccccc23)n2c1nc1ccc(I)cc1c2=O. The summed E-state index contributed by atoms with van der Waals surface area (Å²) in [6, 6.07) is 12.8. The molecule has 158 valence electrons. The fourth-order valence-electron chi connectivity index (χ4n) is 4.51. The lowest BCUT2D eigenvalue weighted by Gasteiger charge is -2.33. The highest BCUT2D eigenvalue weighted by molar-refractivity contribution is 14.1. The molecule has 31 heavy (non-hydrogen) atoms. The zero-order chi connectivity index (χ0) is 21.7. The first-order valence-corrected chi connectivity index (χ1v) is 11.6. The number of hydrogen-bond acceptors (Lipinski definition) is 3. The lowest BCUT2D eigenvalue weighted by molar-refractivity contribution is -0.126. The fourth-order valence-corrected chi connectivity index (χ4v) is 5.00. The van der Waals surface area contributed by atoms with E-state index in [1.807, 2.05) is 48.7 Å². The molecule has 2 aromatic heterocycles. The third-order valence-electron chi connectivity index (χ3n) is 5.93. The maximum atomic E-state index is 13.6. The van der Waals surface area contributed by atoms with E-state index in [0.29, 0.717) is 29.1 Å². The van der Waals surface area contributed by atoms with Crippen LogP contribution >= 0.6 is 22.6 Å². The average Bonchev–Trinajstić information content (AvgIpc) is 3.14. The second-order valence-electron chi connectivity index (χ2n) is 8.58. The van der Waals surface area contributed by atoms with Gasteiger partial charge in [-0.15, -0.1) is 0 Å². The predicted molar refractivity (Wildman–Crippen MR) is 130 cm³/mol. The van der Waals surface area contributed by atoms with E-state index in [1.165, 1.54) is 0 Å². The van der Waals surface area contributed by atoms with Crippen molar-refractivity contribution in [1.82, 2.24) is 19.9 Å². The molecular formula is C24H23IN4O2. The fraction of sp³-hybridized carbons (Fsp3) is 0.292. The number of para-hydroxylation sites is 1. The third-order valence-corrected chi connectivity index (χ3v) is 6.60. The molecule has 7 heteroatoms. The quantitative estimate of drug-likeness (QED) is 0.385. The van der Waals surface area contributed by atoms with Crippen LogP contribution in [-0.4, -0.2) is 20.4 Å². The zero-order valence-corrected chi connectivity index (χ0v) is 19.5. The van der Waals surface area contributed by atoms with Gasteiger partial charge in [-0.1, -0.05) is 32.0 Å². The summed E-state index contributed by atoms with van der Waals surface area (Å²) < 4.78 is 2.61. The molecule has 0 fully saturated rings. The molecule has 6 nitrogen and oxygen atoms in total. The van der Waals surface area contributed by atoms with Gasteiger partial charge in [-0.05, 0) is 64.8 Å². The Hall–Kier alpha value is -2.68. The number of nitrogens with one attached hydrogen (secondary N) is 2. The molecular weight excluding hydrogens is 503 g/mol. The van der Waals surface area contributed by atoms with Gasteiger partial charge in [0.1, 0.15) is 11.9 Å². The standard InChI is InChI=1S/C24H23IN4O2/c1-13(2)9-20-22-27-19-8-7-15(25)11-17(19)24(31)29(22)21(23(30)28-20)10-14-12-26-18-6-4-3-5-16(14)18/h3-8,11-13,20-21,26H,9-10H2,1-2H3,(H,28,30)/t20-,21+/m0/s1. The Labute approximate surface area is 193 Å². The number of aromatic nitrogens is 3. The van der Waals surface area contributed by atoms with E-state index >= 15 is 0 Å². The highest BCUT2D eigenvalue weighted by Gasteiger charge is 2.36. The van der Waals surface area contributed by atoms with Gasteiger partial charge in [0.2, 0.25) is 5.91 Å². The Bertz CT molecular complexity index is 1370. The monoisotopic (exact) mass is 526 g/mol. The van der Waals surface area contributed by atoms with E-state index in [-0.39, 0.29) is 17.5 Å². The number of rotatable bonds is 4. The lowest BCUT2D eigenvalue weighted by Crippen LogP contribution is -2.48. The van der Waals surface area contributed by atoms with Crippen LogP contribution in [0, 0.1) is 9.49 Å². The van der Waals surface area contributed by atoms with Crippen molar-refractivity contribution in [3.05, 3.63) is 74.0 Å². The van der Waals surface area contributed by atoms with Crippen LogP contribution in [0.4, 0.5) is 0 Å². The van der Waals surface area contributed by atoms with Crippen LogP contribution in [0.25, 0.3) is 21.8 Å². The Morgan fingerprint density at radius 1 is 1.13 bits per heavy atom. The van der Waals surface area contributed by atoms with Gasteiger partial charge >= 0.3 is 0 Å². The van der Waals surface area contributed by atoms with Crippen LogP contribution < -0.4 is 10.9 Å². The van der Waals surface area contributed by atoms with E-state index in [9.17, 15) is 9.59 Å². The molecule has 0 spiro atoms. The van der Waals surface area contributed by atoms with Crippen LogP contribution in [0.15, 0.2) is 53.5 Å². The molecule has 2 atom stereocenters. The highest BCUT2D eigenvalue weighted by atomic mass is 127. The van der Waals surface area contributed by atoms with Crippen LogP contribution in [0.2, 0.25) is 0 Å². The van der Waals surface area contributed by atoms with E-state index in [1.54, 1.807) is 4.57 Å². The number of aromatic amines is 1. The van der Waals surface area contributed by atoms with Crippen LogP contribution in [-0.2, 0) is 11.2 Å². The second kappa shape index (κ2) is 7.78. The summed E-state index contributed by atoms with van der Waals surface area (Å²) in [5, 5.41) is 4.77. The Morgan fingerprint density at radius 2 is 1.94 bits per heavy atom. The Kier molecular flexibility index (Phi) is 5.08. The number of fused-ring (bicyclic) bond motifs is 3. The van der Waals surface area contributed by atoms with Crippen molar-refractivity contribution < 1.29 is 4.79 Å². The van der Waals surface area contributed by atoms with Crippen molar-refractivity contribution in [2.75, 3.05) is 0 Å².